The molecule has 3 aromatic rings. The molecule has 1 aromatic heterocycles. The lowest BCUT2D eigenvalue weighted by Crippen LogP contribution is -2.37. The van der Waals surface area contributed by atoms with Gasteiger partial charge in [0.2, 0.25) is 0 Å². The molecule has 3 rings (SSSR count). The third-order valence-electron chi connectivity index (χ3n) is 3.34. The molecule has 21 heavy (non-hydrogen) atoms. The highest BCUT2D eigenvalue weighted by molar-refractivity contribution is 5.81. The summed E-state index contributed by atoms with van der Waals surface area (Å²) >= 11 is 0. The Bertz CT molecular complexity index is 842. The van der Waals surface area contributed by atoms with E-state index in [1.54, 1.807) is 18.2 Å². The smallest absolute Gasteiger partial charge is 0.252 e. The van der Waals surface area contributed by atoms with Crippen molar-refractivity contribution in [2.45, 2.75) is 6.54 Å². The van der Waals surface area contributed by atoms with Gasteiger partial charge in [0.05, 0.1) is 11.9 Å². The number of fused-ring (bicyclic) bond motifs is 1. The normalized spacial score (nSPS) is 11.0. The predicted octanol–water partition coefficient (Wildman–Crippen LogP) is 2.86. The maximum absolute atomic E-state index is 12.2. The molecule has 0 saturated heterocycles. The van der Waals surface area contributed by atoms with E-state index in [-0.39, 0.29) is 0 Å². The van der Waals surface area contributed by atoms with E-state index in [4.69, 9.17) is 0 Å². The summed E-state index contributed by atoms with van der Waals surface area (Å²) in [5.74, 6) is 0. The van der Waals surface area contributed by atoms with Crippen LogP contribution in [0.1, 0.15) is 11.3 Å². The molecule has 0 atom stereocenters. The quantitative estimate of drug-likeness (QED) is 0.545. The molecule has 0 spiro atoms. The second-order valence-electron chi connectivity index (χ2n) is 4.65. The number of nitrogens with zero attached hydrogens (tertiary/aromatic N) is 3. The average molecular weight is 275 g/mol. The van der Waals surface area contributed by atoms with Gasteiger partial charge in [0.25, 0.3) is 5.52 Å². The van der Waals surface area contributed by atoms with Crippen molar-refractivity contribution in [1.82, 2.24) is 4.68 Å². The zero-order valence-corrected chi connectivity index (χ0v) is 11.3. The van der Waals surface area contributed by atoms with Crippen LogP contribution in [0.5, 0.6) is 0 Å². The maximum Gasteiger partial charge on any atom is 0.252 e. The minimum Gasteiger partial charge on any atom is -0.595 e. The molecular weight excluding hydrogens is 262 g/mol. The molecule has 1 heterocycles. The van der Waals surface area contributed by atoms with E-state index in [0.29, 0.717) is 23.1 Å². The standard InChI is InChI=1S/C17H13N3O/c18-13-17-15-10-4-5-11-16(15)20(21)19(17)12-6-9-14-7-2-1-3-8-14/h1-11H,12H2/b9-6+. The number of para-hydroxylation sites is 1. The Morgan fingerprint density at radius 1 is 1.10 bits per heavy atom. The molecule has 0 radical (unpaired) electrons. The van der Waals surface area contributed by atoms with E-state index < -0.39 is 0 Å². The minimum atomic E-state index is 0.357. The van der Waals surface area contributed by atoms with Gasteiger partial charge in [0.15, 0.2) is 5.69 Å². The molecule has 0 amide bonds. The molecule has 0 N–H and O–H groups in total. The van der Waals surface area contributed by atoms with E-state index in [9.17, 15) is 10.5 Å². The predicted molar refractivity (Wildman–Crippen MR) is 81.1 cm³/mol. The molecule has 2 aromatic carbocycles. The summed E-state index contributed by atoms with van der Waals surface area (Å²) in [5.41, 5.74) is 1.96. The lowest BCUT2D eigenvalue weighted by Gasteiger charge is -2.01. The summed E-state index contributed by atoms with van der Waals surface area (Å²) < 4.78 is 1.43. The summed E-state index contributed by atoms with van der Waals surface area (Å²) in [6.45, 7) is 0.357. The number of benzene rings is 2. The van der Waals surface area contributed by atoms with Crippen LogP contribution in [0, 0.1) is 16.5 Å². The minimum absolute atomic E-state index is 0.357. The number of rotatable bonds is 3. The van der Waals surface area contributed by atoms with Crippen molar-refractivity contribution in [1.29, 1.82) is 5.26 Å². The Kier molecular flexibility index (Phi) is 3.40. The summed E-state index contributed by atoms with van der Waals surface area (Å²) in [5, 5.41) is 22.2. The van der Waals surface area contributed by atoms with Gasteiger partial charge in [-0.2, -0.15) is 5.26 Å². The molecule has 0 aliphatic heterocycles. The first-order valence-corrected chi connectivity index (χ1v) is 6.64. The fourth-order valence-electron chi connectivity index (χ4n) is 2.34. The molecular formula is C17H13N3O. The molecule has 4 heteroatoms. The monoisotopic (exact) mass is 275 g/mol. The molecule has 4 nitrogen and oxygen atoms in total. The Labute approximate surface area is 122 Å². The second kappa shape index (κ2) is 5.51. The summed E-state index contributed by atoms with van der Waals surface area (Å²) in [7, 11) is 0. The van der Waals surface area contributed by atoms with Gasteiger partial charge in [-0.1, -0.05) is 59.5 Å². The van der Waals surface area contributed by atoms with E-state index in [1.165, 1.54) is 4.68 Å². The first kappa shape index (κ1) is 12.9. The highest BCUT2D eigenvalue weighted by atomic mass is 16.5. The molecule has 0 bridgehead atoms. The summed E-state index contributed by atoms with van der Waals surface area (Å²) in [6, 6.07) is 19.1. The van der Waals surface area contributed by atoms with Gasteiger partial charge in [0, 0.05) is 6.07 Å². The first-order chi connectivity index (χ1) is 10.3. The van der Waals surface area contributed by atoms with Gasteiger partial charge in [-0.3, -0.25) is 0 Å². The van der Waals surface area contributed by atoms with Gasteiger partial charge < -0.3 is 5.21 Å². The maximum atomic E-state index is 12.2. The third kappa shape index (κ3) is 2.37. The van der Waals surface area contributed by atoms with Crippen molar-refractivity contribution < 1.29 is 4.85 Å². The lowest BCUT2D eigenvalue weighted by atomic mass is 10.2. The van der Waals surface area contributed by atoms with Crippen molar-refractivity contribution in [2.24, 2.45) is 0 Å². The number of aromatic nitrogens is 2. The van der Waals surface area contributed by atoms with Crippen LogP contribution in [0.4, 0.5) is 0 Å². The molecule has 0 unspecified atom stereocenters. The SMILES string of the molecule is N#Cc1c2ccccc2[n+]([O-])n1C/C=C/c1ccccc1. The van der Waals surface area contributed by atoms with E-state index in [1.807, 2.05) is 48.6 Å². The van der Waals surface area contributed by atoms with Crippen LogP contribution in [0.25, 0.3) is 17.0 Å². The highest BCUT2D eigenvalue weighted by Gasteiger charge is 2.18. The lowest BCUT2D eigenvalue weighted by molar-refractivity contribution is -0.669. The van der Waals surface area contributed by atoms with Crippen molar-refractivity contribution in [3.8, 4) is 6.07 Å². The molecule has 0 aliphatic carbocycles. The topological polar surface area (TPSA) is 55.7 Å². The van der Waals surface area contributed by atoms with Crippen LogP contribution >= 0.6 is 0 Å². The fraction of sp³-hybridized carbons (Fsp3) is 0.0588. The van der Waals surface area contributed by atoms with Crippen LogP contribution < -0.4 is 4.85 Å². The van der Waals surface area contributed by atoms with Gasteiger partial charge in [-0.25, -0.2) is 0 Å². The van der Waals surface area contributed by atoms with Crippen LogP contribution in [-0.2, 0) is 6.54 Å². The van der Waals surface area contributed by atoms with Crippen molar-refractivity contribution >= 4 is 17.0 Å². The fourth-order valence-corrected chi connectivity index (χ4v) is 2.34. The van der Waals surface area contributed by atoms with Gasteiger partial charge >= 0.3 is 0 Å². The number of hydrogen-bond donors (Lipinski definition) is 0. The van der Waals surface area contributed by atoms with E-state index in [0.717, 1.165) is 10.4 Å². The van der Waals surface area contributed by atoms with Gasteiger partial charge in [0.1, 0.15) is 6.07 Å². The largest absolute Gasteiger partial charge is 0.595 e. The number of nitriles is 1. The Morgan fingerprint density at radius 2 is 1.81 bits per heavy atom. The van der Waals surface area contributed by atoms with Crippen molar-refractivity contribution in [3.63, 3.8) is 0 Å². The summed E-state index contributed by atoms with van der Waals surface area (Å²) in [6.07, 6.45) is 3.81. The van der Waals surface area contributed by atoms with Crippen LogP contribution in [0.2, 0.25) is 0 Å². The van der Waals surface area contributed by atoms with Crippen LogP contribution in [-0.4, -0.2) is 4.68 Å². The zero-order chi connectivity index (χ0) is 14.7. The Balaban J connectivity index is 1.96. The molecule has 0 fully saturated rings. The van der Waals surface area contributed by atoms with Gasteiger partial charge in [-0.15, -0.1) is 4.68 Å². The van der Waals surface area contributed by atoms with E-state index >= 15 is 0 Å². The first-order valence-electron chi connectivity index (χ1n) is 6.64. The van der Waals surface area contributed by atoms with Gasteiger partial charge in [-0.05, 0) is 11.6 Å². The molecule has 102 valence electrons. The molecule has 0 saturated carbocycles. The second-order valence-corrected chi connectivity index (χ2v) is 4.65. The average Bonchev–Trinajstić information content (AvgIpc) is 2.81. The van der Waals surface area contributed by atoms with Crippen LogP contribution in [0.3, 0.4) is 0 Å². The van der Waals surface area contributed by atoms with Crippen LogP contribution in [0.15, 0.2) is 60.7 Å². The van der Waals surface area contributed by atoms with Crippen molar-refractivity contribution in [3.05, 3.63) is 77.1 Å². The van der Waals surface area contributed by atoms with Crippen molar-refractivity contribution in [2.75, 3.05) is 0 Å². The Morgan fingerprint density at radius 3 is 2.57 bits per heavy atom. The number of hydrogen-bond acceptors (Lipinski definition) is 2. The summed E-state index contributed by atoms with van der Waals surface area (Å²) in [4.78, 5) is 0.781. The number of allylic oxidation sites excluding steroid dienone is 1. The third-order valence-corrected chi connectivity index (χ3v) is 3.34. The van der Waals surface area contributed by atoms with E-state index in [2.05, 4.69) is 6.07 Å². The zero-order valence-electron chi connectivity index (χ0n) is 11.3. The molecule has 0 aliphatic rings. The highest BCUT2D eigenvalue weighted by Crippen LogP contribution is 2.15. The Hall–Kier alpha value is -3.06.